The minimum Gasteiger partial charge on any atom is -0.340 e. The van der Waals surface area contributed by atoms with Gasteiger partial charge in [-0.05, 0) is 42.7 Å². The summed E-state index contributed by atoms with van der Waals surface area (Å²) in [6.45, 7) is 8.56. The first-order valence-corrected chi connectivity index (χ1v) is 11.4. The van der Waals surface area contributed by atoms with E-state index < -0.39 is 0 Å². The second kappa shape index (κ2) is 8.92. The molecule has 0 radical (unpaired) electrons. The quantitative estimate of drug-likeness (QED) is 0.490. The lowest BCUT2D eigenvalue weighted by Crippen LogP contribution is -2.44. The van der Waals surface area contributed by atoms with Crippen LogP contribution in [0.15, 0.2) is 48.5 Å². The van der Waals surface area contributed by atoms with E-state index in [9.17, 15) is 4.39 Å². The van der Waals surface area contributed by atoms with Crippen molar-refractivity contribution in [2.75, 3.05) is 31.1 Å². The van der Waals surface area contributed by atoms with E-state index in [0.717, 1.165) is 71.2 Å². The van der Waals surface area contributed by atoms with E-state index in [1.54, 1.807) is 13.0 Å². The van der Waals surface area contributed by atoms with Gasteiger partial charge in [-0.15, -0.1) is 0 Å². The Morgan fingerprint density at radius 2 is 1.70 bits per heavy atom. The number of benzene rings is 2. The van der Waals surface area contributed by atoms with Crippen LogP contribution < -0.4 is 16.0 Å². The van der Waals surface area contributed by atoms with Crippen LogP contribution in [0.5, 0.6) is 0 Å². The number of nitrogens with one attached hydrogen (secondary N) is 1. The summed E-state index contributed by atoms with van der Waals surface area (Å²) in [5.74, 6) is 0.750. The number of nitrogens with two attached hydrogens (primary N) is 1. The number of aromatic nitrogens is 3. The molecule has 0 amide bonds. The van der Waals surface area contributed by atoms with Crippen molar-refractivity contribution in [2.45, 2.75) is 26.9 Å². The molecule has 0 unspecified atom stereocenters. The highest BCUT2D eigenvalue weighted by molar-refractivity contribution is 5.92. The Kier molecular flexibility index (Phi) is 5.83. The molecule has 0 aliphatic carbocycles. The summed E-state index contributed by atoms with van der Waals surface area (Å²) in [5, 5.41) is 3.42. The van der Waals surface area contributed by atoms with Crippen LogP contribution >= 0.6 is 0 Å². The van der Waals surface area contributed by atoms with Gasteiger partial charge in [0.25, 0.3) is 0 Å². The Balaban J connectivity index is 1.68. The Morgan fingerprint density at radius 1 is 0.970 bits per heavy atom. The van der Waals surface area contributed by atoms with Gasteiger partial charge in [0.1, 0.15) is 11.3 Å². The highest BCUT2D eigenvalue weighted by Gasteiger charge is 2.22. The topological polar surface area (TPSA) is 72.0 Å². The Hall–Kier alpha value is -3.29. The molecule has 7 heteroatoms. The van der Waals surface area contributed by atoms with Gasteiger partial charge in [-0.2, -0.15) is 0 Å². The molecule has 6 nitrogen and oxygen atoms in total. The van der Waals surface area contributed by atoms with Crippen molar-refractivity contribution in [3.05, 3.63) is 76.7 Å². The number of rotatable bonds is 5. The summed E-state index contributed by atoms with van der Waals surface area (Å²) in [6, 6.07) is 15.6. The summed E-state index contributed by atoms with van der Waals surface area (Å²) in [4.78, 5) is 12.3. The van der Waals surface area contributed by atoms with Gasteiger partial charge in [-0.25, -0.2) is 9.37 Å². The summed E-state index contributed by atoms with van der Waals surface area (Å²) >= 11 is 0. The first-order valence-electron chi connectivity index (χ1n) is 11.4. The third-order valence-electron chi connectivity index (χ3n) is 6.27. The van der Waals surface area contributed by atoms with E-state index in [-0.39, 0.29) is 5.82 Å². The molecule has 5 rings (SSSR count). The van der Waals surface area contributed by atoms with Gasteiger partial charge >= 0.3 is 0 Å². The predicted octanol–water partition coefficient (Wildman–Crippen LogP) is 3.77. The summed E-state index contributed by atoms with van der Waals surface area (Å²) in [6.07, 6.45) is 0. The van der Waals surface area contributed by atoms with E-state index in [0.29, 0.717) is 18.7 Å². The standard InChI is InChI=1S/C26H29FN6/c1-17-13-20(5-8-22(17)27)16-33-23-14-18(2)30-24(21-6-3-19(15-28)4-7-21)25(23)31-26(33)32-11-9-29-10-12-32/h3-8,13-14,29H,9-12,15-16,28H2,1-2H3. The number of aryl methyl sites for hydroxylation is 2. The number of hydrogen-bond acceptors (Lipinski definition) is 5. The van der Waals surface area contributed by atoms with E-state index in [1.165, 1.54) is 0 Å². The molecule has 170 valence electrons. The molecule has 0 bridgehead atoms. The van der Waals surface area contributed by atoms with Crippen LogP contribution in [0.4, 0.5) is 10.3 Å². The molecular formula is C26H29FN6. The van der Waals surface area contributed by atoms with Crippen LogP contribution in [0.1, 0.15) is 22.4 Å². The molecule has 3 N–H and O–H groups in total. The maximum Gasteiger partial charge on any atom is 0.207 e. The second-order valence-electron chi connectivity index (χ2n) is 8.70. The lowest BCUT2D eigenvalue weighted by Gasteiger charge is -2.29. The van der Waals surface area contributed by atoms with Crippen molar-refractivity contribution in [1.82, 2.24) is 19.9 Å². The summed E-state index contributed by atoms with van der Waals surface area (Å²) < 4.78 is 16.1. The lowest BCUT2D eigenvalue weighted by molar-refractivity contribution is 0.571. The normalized spacial score (nSPS) is 14.2. The first kappa shape index (κ1) is 21.6. The minimum atomic E-state index is -0.181. The van der Waals surface area contributed by atoms with Gasteiger partial charge in [-0.1, -0.05) is 36.4 Å². The third-order valence-corrected chi connectivity index (χ3v) is 6.27. The van der Waals surface area contributed by atoms with E-state index >= 15 is 0 Å². The van der Waals surface area contributed by atoms with Gasteiger partial charge in [0, 0.05) is 44.0 Å². The van der Waals surface area contributed by atoms with Gasteiger partial charge in [0.15, 0.2) is 0 Å². The maximum atomic E-state index is 13.9. The fourth-order valence-corrected chi connectivity index (χ4v) is 4.48. The van der Waals surface area contributed by atoms with Gasteiger partial charge in [-0.3, -0.25) is 4.98 Å². The molecule has 2 aromatic heterocycles. The van der Waals surface area contributed by atoms with Crippen molar-refractivity contribution in [1.29, 1.82) is 0 Å². The molecule has 0 spiro atoms. The zero-order chi connectivity index (χ0) is 22.9. The molecule has 0 saturated carbocycles. The molecule has 1 aliphatic rings. The number of piperazine rings is 1. The molecule has 1 saturated heterocycles. The monoisotopic (exact) mass is 444 g/mol. The van der Waals surface area contributed by atoms with Crippen LogP contribution in [0, 0.1) is 19.7 Å². The van der Waals surface area contributed by atoms with Crippen molar-refractivity contribution in [3.8, 4) is 11.3 Å². The number of fused-ring (bicyclic) bond motifs is 1. The van der Waals surface area contributed by atoms with Crippen LogP contribution in [0.25, 0.3) is 22.3 Å². The Bertz CT molecular complexity index is 1290. The third kappa shape index (κ3) is 4.21. The van der Waals surface area contributed by atoms with Crippen molar-refractivity contribution < 1.29 is 4.39 Å². The van der Waals surface area contributed by atoms with E-state index in [2.05, 4.69) is 33.0 Å². The Morgan fingerprint density at radius 3 is 2.39 bits per heavy atom. The predicted molar refractivity (Wildman–Crippen MR) is 131 cm³/mol. The zero-order valence-corrected chi connectivity index (χ0v) is 19.1. The smallest absolute Gasteiger partial charge is 0.207 e. The van der Waals surface area contributed by atoms with Crippen molar-refractivity contribution in [2.24, 2.45) is 5.73 Å². The number of hydrogen-bond donors (Lipinski definition) is 2. The average Bonchev–Trinajstić information content (AvgIpc) is 3.19. The summed E-state index contributed by atoms with van der Waals surface area (Å²) in [5.41, 5.74) is 13.3. The lowest BCUT2D eigenvalue weighted by atomic mass is 10.1. The van der Waals surface area contributed by atoms with Crippen LogP contribution in [-0.2, 0) is 13.1 Å². The van der Waals surface area contributed by atoms with Gasteiger partial charge < -0.3 is 20.5 Å². The summed E-state index contributed by atoms with van der Waals surface area (Å²) in [7, 11) is 0. The molecule has 1 aliphatic heterocycles. The van der Waals surface area contributed by atoms with Crippen molar-refractivity contribution in [3.63, 3.8) is 0 Å². The molecule has 1 fully saturated rings. The number of nitrogens with zero attached hydrogens (tertiary/aromatic N) is 4. The first-order chi connectivity index (χ1) is 16.0. The molecule has 0 atom stereocenters. The molecule has 3 heterocycles. The average molecular weight is 445 g/mol. The maximum absolute atomic E-state index is 13.9. The fraction of sp³-hybridized carbons (Fsp3) is 0.308. The van der Waals surface area contributed by atoms with E-state index in [1.807, 2.05) is 31.2 Å². The highest BCUT2D eigenvalue weighted by Crippen LogP contribution is 2.32. The van der Waals surface area contributed by atoms with Crippen molar-refractivity contribution >= 4 is 17.0 Å². The molecule has 33 heavy (non-hydrogen) atoms. The van der Waals surface area contributed by atoms with Crippen LogP contribution in [0.3, 0.4) is 0 Å². The Labute approximate surface area is 193 Å². The zero-order valence-electron chi connectivity index (χ0n) is 19.1. The molecule has 4 aromatic rings. The second-order valence-corrected chi connectivity index (χ2v) is 8.70. The van der Waals surface area contributed by atoms with Gasteiger partial charge in [0.05, 0.1) is 17.8 Å². The van der Waals surface area contributed by atoms with Crippen LogP contribution in [0.2, 0.25) is 0 Å². The highest BCUT2D eigenvalue weighted by atomic mass is 19.1. The minimum absolute atomic E-state index is 0.181. The van der Waals surface area contributed by atoms with E-state index in [4.69, 9.17) is 15.7 Å². The molecular weight excluding hydrogens is 415 g/mol. The number of pyridine rings is 1. The largest absolute Gasteiger partial charge is 0.340 e. The molecule has 2 aromatic carbocycles. The number of imidazole rings is 1. The SMILES string of the molecule is Cc1cc2c(nc(N3CCNCC3)n2Cc2ccc(F)c(C)c2)c(-c2ccc(CN)cc2)n1. The number of anilines is 1. The van der Waals surface area contributed by atoms with Gasteiger partial charge in [0.2, 0.25) is 5.95 Å². The fourth-order valence-electron chi connectivity index (χ4n) is 4.48. The van der Waals surface area contributed by atoms with Crippen LogP contribution in [-0.4, -0.2) is 40.7 Å². The number of halogens is 1.